The van der Waals surface area contributed by atoms with Crippen molar-refractivity contribution in [3.8, 4) is 0 Å². The van der Waals surface area contributed by atoms with Crippen molar-refractivity contribution in [3.05, 3.63) is 36.0 Å². The molecule has 0 unspecified atom stereocenters. The molecule has 0 bridgehead atoms. The predicted molar refractivity (Wildman–Crippen MR) is 111 cm³/mol. The lowest BCUT2D eigenvalue weighted by atomic mass is 10.2. The highest BCUT2D eigenvalue weighted by molar-refractivity contribution is 8.14. The summed E-state index contributed by atoms with van der Waals surface area (Å²) in [7, 11) is 0. The van der Waals surface area contributed by atoms with Gasteiger partial charge >= 0.3 is 5.97 Å². The monoisotopic (exact) mass is 403 g/mol. The first-order chi connectivity index (χ1) is 13.6. The van der Waals surface area contributed by atoms with Crippen molar-refractivity contribution in [1.82, 2.24) is 5.32 Å². The summed E-state index contributed by atoms with van der Waals surface area (Å²) < 4.78 is 10.6. The summed E-state index contributed by atoms with van der Waals surface area (Å²) in [6, 6.07) is 7.60. The largest absolute Gasteiger partial charge is 0.466 e. The molecule has 2 N–H and O–H groups in total. The molecule has 0 radical (unpaired) electrons. The van der Waals surface area contributed by atoms with E-state index in [9.17, 15) is 9.59 Å². The first-order valence-corrected chi connectivity index (χ1v) is 10.4. The highest BCUT2D eigenvalue weighted by atomic mass is 32.2. The van der Waals surface area contributed by atoms with Crippen molar-refractivity contribution in [2.45, 2.75) is 32.3 Å². The van der Waals surface area contributed by atoms with Gasteiger partial charge in [-0.2, -0.15) is 0 Å². The van der Waals surface area contributed by atoms with Crippen LogP contribution in [-0.4, -0.2) is 48.5 Å². The Labute approximate surface area is 169 Å². The zero-order chi connectivity index (χ0) is 19.8. The Morgan fingerprint density at radius 1 is 1.39 bits per heavy atom. The average Bonchev–Trinajstić information content (AvgIpc) is 3.13. The smallest absolute Gasteiger partial charge is 0.311 e. The van der Waals surface area contributed by atoms with Crippen molar-refractivity contribution in [2.24, 2.45) is 4.99 Å². The normalized spacial score (nSPS) is 18.2. The highest BCUT2D eigenvalue weighted by Gasteiger charge is 2.18. The number of carbonyl (C=O) groups is 2. The zero-order valence-electron chi connectivity index (χ0n) is 15.9. The maximum atomic E-state index is 12.2. The van der Waals surface area contributed by atoms with Gasteiger partial charge in [-0.3, -0.25) is 9.59 Å². The van der Waals surface area contributed by atoms with Crippen LogP contribution in [0.25, 0.3) is 0 Å². The number of hydrogen-bond acceptors (Lipinski definition) is 7. The fourth-order valence-electron chi connectivity index (χ4n) is 2.95. The SMILES string of the molecule is CCOC(=O)CC1=CC(SCC(=O)NC[C@@H]2CCCO2)=Nc2ccccc2N1. The van der Waals surface area contributed by atoms with Gasteiger partial charge in [-0.25, -0.2) is 4.99 Å². The molecule has 0 aromatic heterocycles. The second-order valence-electron chi connectivity index (χ2n) is 6.47. The Hall–Kier alpha value is -2.32. The van der Waals surface area contributed by atoms with E-state index in [0.717, 1.165) is 30.8 Å². The summed E-state index contributed by atoms with van der Waals surface area (Å²) in [6.07, 6.45) is 4.08. The number of ether oxygens (including phenoxy) is 2. The van der Waals surface area contributed by atoms with Crippen LogP contribution in [0.1, 0.15) is 26.2 Å². The molecule has 8 heteroatoms. The molecule has 1 aromatic carbocycles. The number of nitrogens with zero attached hydrogens (tertiary/aromatic N) is 1. The van der Waals surface area contributed by atoms with Crippen LogP contribution in [0.3, 0.4) is 0 Å². The van der Waals surface area contributed by atoms with E-state index >= 15 is 0 Å². The topological polar surface area (TPSA) is 89.0 Å². The van der Waals surface area contributed by atoms with Crippen LogP contribution in [0.2, 0.25) is 0 Å². The Balaban J connectivity index is 1.63. The van der Waals surface area contributed by atoms with Crippen LogP contribution in [0.15, 0.2) is 41.0 Å². The van der Waals surface area contributed by atoms with E-state index in [0.29, 0.717) is 23.9 Å². The van der Waals surface area contributed by atoms with Gasteiger partial charge in [-0.15, -0.1) is 0 Å². The van der Waals surface area contributed by atoms with Crippen LogP contribution in [0.4, 0.5) is 11.4 Å². The van der Waals surface area contributed by atoms with E-state index in [1.54, 1.807) is 13.0 Å². The third-order valence-corrected chi connectivity index (χ3v) is 5.18. The number of carbonyl (C=O) groups excluding carboxylic acids is 2. The summed E-state index contributed by atoms with van der Waals surface area (Å²) in [5.74, 6) is -0.120. The minimum absolute atomic E-state index is 0.0611. The van der Waals surface area contributed by atoms with Crippen LogP contribution >= 0.6 is 11.8 Å². The van der Waals surface area contributed by atoms with Crippen molar-refractivity contribution in [2.75, 3.05) is 30.8 Å². The maximum Gasteiger partial charge on any atom is 0.311 e. The van der Waals surface area contributed by atoms with Gasteiger partial charge in [0.15, 0.2) is 0 Å². The molecule has 150 valence electrons. The van der Waals surface area contributed by atoms with Crippen LogP contribution in [0, 0.1) is 0 Å². The molecule has 1 amide bonds. The summed E-state index contributed by atoms with van der Waals surface area (Å²) in [6.45, 7) is 3.43. The number of esters is 1. The average molecular weight is 404 g/mol. The number of hydrogen-bond donors (Lipinski definition) is 2. The van der Waals surface area contributed by atoms with Crippen LogP contribution in [-0.2, 0) is 19.1 Å². The summed E-state index contributed by atoms with van der Waals surface area (Å²) >= 11 is 1.34. The second-order valence-corrected chi connectivity index (χ2v) is 7.47. The number of rotatable bonds is 7. The zero-order valence-corrected chi connectivity index (χ0v) is 16.7. The standard InChI is InChI=1S/C20H25N3O4S/c1-2-26-20(25)11-14-10-19(23-17-8-4-3-7-16(17)22-14)28-13-18(24)21-12-15-6-5-9-27-15/h3-4,7-8,10,15,22H,2,5-6,9,11-13H2,1H3,(H,21,24)/t15-/m0/s1. The van der Waals surface area contributed by atoms with Gasteiger partial charge in [0.2, 0.25) is 5.91 Å². The van der Waals surface area contributed by atoms with E-state index in [-0.39, 0.29) is 30.2 Å². The lowest BCUT2D eigenvalue weighted by Crippen LogP contribution is -2.33. The number of para-hydroxylation sites is 2. The van der Waals surface area contributed by atoms with Crippen LogP contribution in [0.5, 0.6) is 0 Å². The van der Waals surface area contributed by atoms with Crippen molar-refractivity contribution < 1.29 is 19.1 Å². The molecule has 2 aliphatic rings. The van der Waals surface area contributed by atoms with E-state index in [1.165, 1.54) is 11.8 Å². The Morgan fingerprint density at radius 3 is 3.04 bits per heavy atom. The molecule has 1 fully saturated rings. The van der Waals surface area contributed by atoms with Gasteiger partial charge in [0, 0.05) is 18.8 Å². The van der Waals surface area contributed by atoms with E-state index in [2.05, 4.69) is 15.6 Å². The molecule has 0 aliphatic carbocycles. The summed E-state index contributed by atoms with van der Waals surface area (Å²) in [5, 5.41) is 6.82. The first-order valence-electron chi connectivity index (χ1n) is 9.46. The van der Waals surface area contributed by atoms with Crippen molar-refractivity contribution >= 4 is 40.1 Å². The molecule has 1 aromatic rings. The van der Waals surface area contributed by atoms with Gasteiger partial charge in [0.1, 0.15) is 0 Å². The lowest BCUT2D eigenvalue weighted by Gasteiger charge is -2.10. The van der Waals surface area contributed by atoms with E-state index in [1.807, 2.05) is 24.3 Å². The maximum absolute atomic E-state index is 12.2. The summed E-state index contributed by atoms with van der Waals surface area (Å²) in [5.41, 5.74) is 2.27. The first kappa shape index (κ1) is 20.4. The fourth-order valence-corrected chi connectivity index (χ4v) is 3.72. The minimum atomic E-state index is -0.306. The molecule has 0 saturated carbocycles. The number of amides is 1. The van der Waals surface area contributed by atoms with Gasteiger partial charge in [0.25, 0.3) is 0 Å². The number of anilines is 1. The second kappa shape index (κ2) is 10.3. The molecule has 2 heterocycles. The Morgan fingerprint density at radius 2 is 2.25 bits per heavy atom. The molecule has 2 aliphatic heterocycles. The quantitative estimate of drug-likeness (QED) is 0.681. The fraction of sp³-hybridized carbons (Fsp3) is 0.450. The van der Waals surface area contributed by atoms with Gasteiger partial charge in [-0.05, 0) is 38.0 Å². The third kappa shape index (κ3) is 6.10. The van der Waals surface area contributed by atoms with E-state index in [4.69, 9.17) is 9.47 Å². The molecule has 7 nitrogen and oxygen atoms in total. The van der Waals surface area contributed by atoms with Crippen LogP contribution < -0.4 is 10.6 Å². The molecule has 0 spiro atoms. The molecule has 1 saturated heterocycles. The highest BCUT2D eigenvalue weighted by Crippen LogP contribution is 2.31. The number of benzene rings is 1. The van der Waals surface area contributed by atoms with Crippen molar-refractivity contribution in [3.63, 3.8) is 0 Å². The van der Waals surface area contributed by atoms with Gasteiger partial charge < -0.3 is 20.1 Å². The number of nitrogens with one attached hydrogen (secondary N) is 2. The predicted octanol–water partition coefficient (Wildman–Crippen LogP) is 3.01. The van der Waals surface area contributed by atoms with Crippen molar-refractivity contribution in [1.29, 1.82) is 0 Å². The Bertz CT molecular complexity index is 772. The van der Waals surface area contributed by atoms with Gasteiger partial charge in [-0.1, -0.05) is 23.9 Å². The summed E-state index contributed by atoms with van der Waals surface area (Å²) in [4.78, 5) is 28.7. The molecular weight excluding hydrogens is 378 g/mol. The Kier molecular flexibility index (Phi) is 7.50. The number of thioether (sulfide) groups is 1. The lowest BCUT2D eigenvalue weighted by molar-refractivity contribution is -0.142. The molecule has 28 heavy (non-hydrogen) atoms. The minimum Gasteiger partial charge on any atom is -0.466 e. The number of fused-ring (bicyclic) bond motifs is 1. The molecule has 1 atom stereocenters. The third-order valence-electron chi connectivity index (χ3n) is 4.27. The molecule has 3 rings (SSSR count). The van der Waals surface area contributed by atoms with Gasteiger partial charge in [0.05, 0.1) is 41.3 Å². The molecular formula is C20H25N3O4S. The number of aliphatic imine (C=N–C) groups is 1. The van der Waals surface area contributed by atoms with E-state index < -0.39 is 0 Å².